The molecule has 0 spiro atoms. The predicted molar refractivity (Wildman–Crippen MR) is 59.2 cm³/mol. The molecule has 0 aliphatic heterocycles. The van der Waals surface area contributed by atoms with E-state index in [4.69, 9.17) is 0 Å². The molecule has 0 radical (unpaired) electrons. The molecule has 0 saturated carbocycles. The van der Waals surface area contributed by atoms with Gasteiger partial charge in [0.25, 0.3) is 0 Å². The Bertz CT molecular complexity index is 161. The third-order valence-electron chi connectivity index (χ3n) is 2.07. The van der Waals surface area contributed by atoms with Crippen LogP contribution in [0.1, 0.15) is 13.8 Å². The Morgan fingerprint density at radius 2 is 1.33 bits per heavy atom. The highest BCUT2D eigenvalue weighted by atomic mass is 28.1. The van der Waals surface area contributed by atoms with Gasteiger partial charge in [0, 0.05) is 38.4 Å². The van der Waals surface area contributed by atoms with Gasteiger partial charge in [-0.25, -0.2) is 0 Å². The highest BCUT2D eigenvalue weighted by Gasteiger charge is 2.09. The first-order valence-corrected chi connectivity index (χ1v) is 5.43. The highest BCUT2D eigenvalue weighted by Crippen LogP contribution is 2.14. The molecule has 0 aromatic heterocycles. The van der Waals surface area contributed by atoms with Gasteiger partial charge in [0.2, 0.25) is 0 Å². The molecule has 3 heteroatoms. The molecule has 12 heavy (non-hydrogen) atoms. The van der Waals surface area contributed by atoms with Crippen molar-refractivity contribution in [2.24, 2.45) is 5.92 Å². The average Bonchev–Trinajstić information content (AvgIpc) is 1.85. The summed E-state index contributed by atoms with van der Waals surface area (Å²) in [5.74, 6) is 2.05. The topological polar surface area (TPSA) is 6.48 Å². The van der Waals surface area contributed by atoms with E-state index in [1.54, 1.807) is 5.20 Å². The van der Waals surface area contributed by atoms with E-state index < -0.39 is 0 Å². The van der Waals surface area contributed by atoms with E-state index >= 15 is 0 Å². The maximum absolute atomic E-state index is 2.26. The first kappa shape index (κ1) is 11.6. The van der Waals surface area contributed by atoms with E-state index in [1.165, 1.54) is 5.82 Å². The Morgan fingerprint density at radius 1 is 1.00 bits per heavy atom. The molecular weight excluding hydrogens is 164 g/mol. The zero-order valence-corrected chi connectivity index (χ0v) is 11.5. The summed E-state index contributed by atoms with van der Waals surface area (Å²) in [7, 11) is 9.58. The van der Waals surface area contributed by atoms with Crippen LogP contribution >= 0.6 is 0 Å². The van der Waals surface area contributed by atoms with Crippen molar-refractivity contribution in [1.29, 1.82) is 0 Å². The Balaban J connectivity index is 4.81. The van der Waals surface area contributed by atoms with Crippen LogP contribution in [-0.2, 0) is 0 Å². The van der Waals surface area contributed by atoms with Crippen molar-refractivity contribution in [3.8, 4) is 0 Å². The average molecular weight is 186 g/mol. The van der Waals surface area contributed by atoms with E-state index in [2.05, 4.69) is 51.8 Å². The smallest absolute Gasteiger partial charge is 0.0972 e. The maximum atomic E-state index is 2.26. The molecule has 0 aliphatic carbocycles. The van der Waals surface area contributed by atoms with Crippen molar-refractivity contribution < 1.29 is 0 Å². The van der Waals surface area contributed by atoms with Gasteiger partial charge in [0.1, 0.15) is 0 Å². The van der Waals surface area contributed by atoms with Gasteiger partial charge in [-0.05, 0) is 11.1 Å². The Hall–Kier alpha value is -0.443. The first-order valence-electron chi connectivity index (χ1n) is 4.43. The molecule has 0 amide bonds. The van der Waals surface area contributed by atoms with Crippen LogP contribution in [0.4, 0.5) is 0 Å². The van der Waals surface area contributed by atoms with Gasteiger partial charge in [-0.15, -0.1) is 0 Å². The van der Waals surface area contributed by atoms with Gasteiger partial charge in [0.05, 0.1) is 5.82 Å². The standard InChI is InChI=1S/C9H22N2Si/c1-7(2)8(12)9(10(3)4)11(5)6/h7H,1-6,12H3. The van der Waals surface area contributed by atoms with Crippen LogP contribution in [0.2, 0.25) is 0 Å². The third-order valence-corrected chi connectivity index (χ3v) is 3.67. The third kappa shape index (κ3) is 2.89. The monoisotopic (exact) mass is 186 g/mol. The minimum absolute atomic E-state index is 0.677. The van der Waals surface area contributed by atoms with E-state index in [1.807, 2.05) is 0 Å². The van der Waals surface area contributed by atoms with Gasteiger partial charge in [-0.3, -0.25) is 0 Å². The van der Waals surface area contributed by atoms with Crippen LogP contribution in [0.25, 0.3) is 0 Å². The summed E-state index contributed by atoms with van der Waals surface area (Å²) in [5.41, 5.74) is 0. The molecule has 72 valence electrons. The maximum Gasteiger partial charge on any atom is 0.0972 e. The summed E-state index contributed by atoms with van der Waals surface area (Å²) in [6.07, 6.45) is 0. The number of hydrogen-bond acceptors (Lipinski definition) is 2. The van der Waals surface area contributed by atoms with E-state index in [0.29, 0.717) is 5.92 Å². The Labute approximate surface area is 79.7 Å². The molecule has 0 saturated heterocycles. The van der Waals surface area contributed by atoms with Crippen LogP contribution < -0.4 is 0 Å². The van der Waals surface area contributed by atoms with Crippen molar-refractivity contribution in [1.82, 2.24) is 9.80 Å². The fraction of sp³-hybridized carbons (Fsp3) is 0.778. The quantitative estimate of drug-likeness (QED) is 0.585. The van der Waals surface area contributed by atoms with Crippen molar-refractivity contribution in [3.05, 3.63) is 11.0 Å². The zero-order chi connectivity index (χ0) is 9.89. The zero-order valence-electron chi connectivity index (χ0n) is 9.47. The Kier molecular flexibility index (Phi) is 4.38. The summed E-state index contributed by atoms with van der Waals surface area (Å²) in [4.78, 5) is 4.39. The lowest BCUT2D eigenvalue weighted by Gasteiger charge is -2.28. The fourth-order valence-electron chi connectivity index (χ4n) is 1.36. The normalized spacial score (nSPS) is 10.2. The summed E-state index contributed by atoms with van der Waals surface area (Å²) in [5, 5.41) is 1.57. The van der Waals surface area contributed by atoms with E-state index in [9.17, 15) is 0 Å². The second-order valence-electron chi connectivity index (χ2n) is 3.95. The second kappa shape index (κ2) is 4.55. The van der Waals surface area contributed by atoms with Gasteiger partial charge < -0.3 is 9.80 Å². The summed E-state index contributed by atoms with van der Waals surface area (Å²) < 4.78 is 0. The van der Waals surface area contributed by atoms with Crippen LogP contribution in [-0.4, -0.2) is 48.2 Å². The fourth-order valence-corrected chi connectivity index (χ4v) is 2.26. The molecule has 0 aliphatic rings. The Morgan fingerprint density at radius 3 is 1.42 bits per heavy atom. The van der Waals surface area contributed by atoms with Crippen molar-refractivity contribution in [3.63, 3.8) is 0 Å². The number of nitrogens with zero attached hydrogens (tertiary/aromatic N) is 2. The van der Waals surface area contributed by atoms with Crippen molar-refractivity contribution in [2.75, 3.05) is 28.2 Å². The SMILES string of the molecule is CC(C)C([SiH3])=C(N(C)C)N(C)C. The number of rotatable bonds is 3. The minimum atomic E-state index is 0.677. The summed E-state index contributed by atoms with van der Waals surface area (Å²) in [6, 6.07) is 0. The lowest BCUT2D eigenvalue weighted by molar-refractivity contribution is 0.335. The molecule has 0 fully saturated rings. The molecule has 0 atom stereocenters. The van der Waals surface area contributed by atoms with Crippen LogP contribution in [0.5, 0.6) is 0 Å². The molecule has 0 aromatic carbocycles. The molecule has 0 unspecified atom stereocenters. The van der Waals surface area contributed by atoms with Gasteiger partial charge in [-0.2, -0.15) is 0 Å². The largest absolute Gasteiger partial charge is 0.365 e. The molecule has 0 aromatic rings. The van der Waals surface area contributed by atoms with Crippen molar-refractivity contribution >= 4 is 10.2 Å². The van der Waals surface area contributed by atoms with Gasteiger partial charge in [0.15, 0.2) is 0 Å². The first-order chi connectivity index (χ1) is 5.37. The van der Waals surface area contributed by atoms with Gasteiger partial charge in [-0.1, -0.05) is 13.8 Å². The van der Waals surface area contributed by atoms with E-state index in [-0.39, 0.29) is 0 Å². The van der Waals surface area contributed by atoms with Crippen LogP contribution in [0.3, 0.4) is 0 Å². The van der Waals surface area contributed by atoms with E-state index in [0.717, 1.165) is 10.2 Å². The molecular formula is C9H22N2Si. The lowest BCUT2D eigenvalue weighted by atomic mass is 10.2. The lowest BCUT2D eigenvalue weighted by Crippen LogP contribution is -2.27. The van der Waals surface area contributed by atoms with Gasteiger partial charge >= 0.3 is 0 Å². The highest BCUT2D eigenvalue weighted by molar-refractivity contribution is 6.22. The van der Waals surface area contributed by atoms with Crippen LogP contribution in [0.15, 0.2) is 11.0 Å². The number of hydrogen-bond donors (Lipinski definition) is 0. The molecule has 2 nitrogen and oxygen atoms in total. The summed E-state index contributed by atoms with van der Waals surface area (Å²) in [6.45, 7) is 4.52. The molecule has 0 N–H and O–H groups in total. The predicted octanol–water partition coefficient (Wildman–Crippen LogP) is 0.300. The molecule has 0 rings (SSSR count). The van der Waals surface area contributed by atoms with Crippen LogP contribution in [0, 0.1) is 5.92 Å². The minimum Gasteiger partial charge on any atom is -0.365 e. The number of allylic oxidation sites excluding steroid dienone is 1. The summed E-state index contributed by atoms with van der Waals surface area (Å²) >= 11 is 0. The molecule has 0 heterocycles. The molecule has 0 bridgehead atoms. The van der Waals surface area contributed by atoms with Crippen molar-refractivity contribution in [2.45, 2.75) is 13.8 Å². The second-order valence-corrected chi connectivity index (χ2v) is 5.03.